The summed E-state index contributed by atoms with van der Waals surface area (Å²) in [5.41, 5.74) is 0.345. The largest absolute Gasteiger partial charge is 0.310 e. The molecule has 0 fully saturated rings. The summed E-state index contributed by atoms with van der Waals surface area (Å²) in [5.74, 6) is 1.67. The number of nitrogens with one attached hydrogen (secondary N) is 1. The summed E-state index contributed by atoms with van der Waals surface area (Å²) in [6, 6.07) is 3.25. The number of terminal acetylenes is 1. The molecule has 0 saturated heterocycles. The van der Waals surface area contributed by atoms with Crippen LogP contribution in [-0.4, -0.2) is 6.54 Å². The Balaban J connectivity index is 2.91. The molecular weight excluding hydrogens is 208 g/mol. The first-order valence-electron chi connectivity index (χ1n) is 5.30. The molecule has 86 valence electrons. The quantitative estimate of drug-likeness (QED) is 0.756. The van der Waals surface area contributed by atoms with E-state index in [1.807, 2.05) is 6.92 Å². The van der Waals surface area contributed by atoms with Crippen LogP contribution in [0.5, 0.6) is 0 Å². The van der Waals surface area contributed by atoms with E-state index in [1.165, 1.54) is 6.07 Å². The summed E-state index contributed by atoms with van der Waals surface area (Å²) in [7, 11) is 0. The van der Waals surface area contributed by atoms with Gasteiger partial charge in [0.05, 0.1) is 0 Å². The highest BCUT2D eigenvalue weighted by Gasteiger charge is 2.14. The fourth-order valence-electron chi connectivity index (χ4n) is 1.62. The van der Waals surface area contributed by atoms with Crippen LogP contribution < -0.4 is 5.32 Å². The minimum atomic E-state index is -0.431. The second kappa shape index (κ2) is 6.24. The summed E-state index contributed by atoms with van der Waals surface area (Å²) in [5, 5.41) is 3.10. The SMILES string of the molecule is C#CCCC(NCC)c1cc(F)ccc1F. The number of halogens is 2. The van der Waals surface area contributed by atoms with Crippen molar-refractivity contribution < 1.29 is 8.78 Å². The highest BCUT2D eigenvalue weighted by Crippen LogP contribution is 2.22. The molecular formula is C13H15F2N. The third-order valence-corrected chi connectivity index (χ3v) is 2.36. The first-order valence-corrected chi connectivity index (χ1v) is 5.30. The van der Waals surface area contributed by atoms with Crippen LogP contribution >= 0.6 is 0 Å². The van der Waals surface area contributed by atoms with E-state index in [9.17, 15) is 8.78 Å². The van der Waals surface area contributed by atoms with Crippen LogP contribution in [0.3, 0.4) is 0 Å². The molecule has 0 heterocycles. The number of benzene rings is 1. The molecule has 1 unspecified atom stereocenters. The van der Waals surface area contributed by atoms with Crippen LogP contribution in [0.4, 0.5) is 8.78 Å². The lowest BCUT2D eigenvalue weighted by atomic mass is 10.0. The second-order valence-corrected chi connectivity index (χ2v) is 3.52. The lowest BCUT2D eigenvalue weighted by Crippen LogP contribution is -2.22. The van der Waals surface area contributed by atoms with Gasteiger partial charge in [0, 0.05) is 18.0 Å². The van der Waals surface area contributed by atoms with E-state index >= 15 is 0 Å². The van der Waals surface area contributed by atoms with E-state index in [1.54, 1.807) is 0 Å². The minimum absolute atomic E-state index is 0.225. The third kappa shape index (κ3) is 3.32. The van der Waals surface area contributed by atoms with E-state index in [-0.39, 0.29) is 6.04 Å². The molecule has 1 nitrogen and oxygen atoms in total. The zero-order chi connectivity index (χ0) is 12.0. The highest BCUT2D eigenvalue weighted by molar-refractivity contribution is 5.22. The van der Waals surface area contributed by atoms with Crippen molar-refractivity contribution in [3.8, 4) is 12.3 Å². The Labute approximate surface area is 94.9 Å². The normalized spacial score (nSPS) is 12.1. The smallest absolute Gasteiger partial charge is 0.128 e. The van der Waals surface area contributed by atoms with Crippen molar-refractivity contribution in [1.29, 1.82) is 0 Å². The van der Waals surface area contributed by atoms with Crippen molar-refractivity contribution in [1.82, 2.24) is 5.32 Å². The van der Waals surface area contributed by atoms with Gasteiger partial charge < -0.3 is 5.32 Å². The predicted molar refractivity (Wildman–Crippen MR) is 60.8 cm³/mol. The Morgan fingerprint density at radius 3 is 2.81 bits per heavy atom. The first kappa shape index (κ1) is 12.7. The maximum Gasteiger partial charge on any atom is 0.128 e. The average molecular weight is 223 g/mol. The molecule has 0 aliphatic carbocycles. The summed E-state index contributed by atoms with van der Waals surface area (Å²) in [4.78, 5) is 0. The van der Waals surface area contributed by atoms with Gasteiger partial charge in [0.25, 0.3) is 0 Å². The van der Waals surface area contributed by atoms with Crippen LogP contribution in [0.2, 0.25) is 0 Å². The van der Waals surface area contributed by atoms with E-state index in [2.05, 4.69) is 11.2 Å². The molecule has 0 saturated carbocycles. The molecule has 0 radical (unpaired) electrons. The van der Waals surface area contributed by atoms with E-state index < -0.39 is 11.6 Å². The average Bonchev–Trinajstić information content (AvgIpc) is 2.28. The van der Waals surface area contributed by atoms with Gasteiger partial charge >= 0.3 is 0 Å². The second-order valence-electron chi connectivity index (χ2n) is 3.52. The monoisotopic (exact) mass is 223 g/mol. The molecule has 0 aliphatic heterocycles. The molecule has 0 aromatic heterocycles. The topological polar surface area (TPSA) is 12.0 Å². The molecule has 1 atom stereocenters. The Morgan fingerprint density at radius 1 is 1.44 bits per heavy atom. The highest BCUT2D eigenvalue weighted by atomic mass is 19.1. The van der Waals surface area contributed by atoms with Crippen molar-refractivity contribution in [2.45, 2.75) is 25.8 Å². The summed E-state index contributed by atoms with van der Waals surface area (Å²) in [6.07, 6.45) is 6.31. The zero-order valence-corrected chi connectivity index (χ0v) is 9.26. The Morgan fingerprint density at radius 2 is 2.19 bits per heavy atom. The molecule has 0 bridgehead atoms. The number of hydrogen-bond donors (Lipinski definition) is 1. The van der Waals surface area contributed by atoms with Crippen LogP contribution in [-0.2, 0) is 0 Å². The third-order valence-electron chi connectivity index (χ3n) is 2.36. The van der Waals surface area contributed by atoms with Crippen LogP contribution in [0.25, 0.3) is 0 Å². The van der Waals surface area contributed by atoms with Gasteiger partial charge in [-0.1, -0.05) is 6.92 Å². The van der Waals surface area contributed by atoms with Gasteiger partial charge in [0.15, 0.2) is 0 Å². The fraction of sp³-hybridized carbons (Fsp3) is 0.385. The first-order chi connectivity index (χ1) is 7.69. The van der Waals surface area contributed by atoms with Gasteiger partial charge in [0.2, 0.25) is 0 Å². The molecule has 1 aromatic carbocycles. The van der Waals surface area contributed by atoms with Gasteiger partial charge in [-0.15, -0.1) is 12.3 Å². The van der Waals surface area contributed by atoms with E-state index in [0.717, 1.165) is 12.1 Å². The van der Waals surface area contributed by atoms with Gasteiger partial charge in [-0.3, -0.25) is 0 Å². The molecule has 0 aliphatic rings. The standard InChI is InChI=1S/C13H15F2N/c1-3-5-6-13(16-4-2)11-9-10(14)7-8-12(11)15/h1,7-9,13,16H,4-6H2,2H3. The maximum atomic E-state index is 13.5. The van der Waals surface area contributed by atoms with E-state index in [4.69, 9.17) is 6.42 Å². The van der Waals surface area contributed by atoms with Crippen molar-refractivity contribution in [3.63, 3.8) is 0 Å². The Bertz CT molecular complexity index is 382. The molecule has 1 rings (SSSR count). The minimum Gasteiger partial charge on any atom is -0.310 e. The van der Waals surface area contributed by atoms with Crippen LogP contribution in [0, 0.1) is 24.0 Å². The lowest BCUT2D eigenvalue weighted by Gasteiger charge is -2.17. The van der Waals surface area contributed by atoms with Gasteiger partial charge in [-0.05, 0) is 31.2 Å². The fourth-order valence-corrected chi connectivity index (χ4v) is 1.62. The van der Waals surface area contributed by atoms with Gasteiger partial charge in [-0.25, -0.2) is 8.78 Å². The zero-order valence-electron chi connectivity index (χ0n) is 9.26. The molecule has 0 amide bonds. The summed E-state index contributed by atoms with van der Waals surface area (Å²) < 4.78 is 26.5. The van der Waals surface area contributed by atoms with Crippen LogP contribution in [0.1, 0.15) is 31.4 Å². The van der Waals surface area contributed by atoms with Crippen LogP contribution in [0.15, 0.2) is 18.2 Å². The number of rotatable bonds is 5. The predicted octanol–water partition coefficient (Wildman–Crippen LogP) is 3.03. The lowest BCUT2D eigenvalue weighted by molar-refractivity contribution is 0.484. The van der Waals surface area contributed by atoms with Crippen molar-refractivity contribution >= 4 is 0 Å². The molecule has 16 heavy (non-hydrogen) atoms. The summed E-state index contributed by atoms with van der Waals surface area (Å²) >= 11 is 0. The maximum absolute atomic E-state index is 13.5. The Hall–Kier alpha value is -1.40. The van der Waals surface area contributed by atoms with Crippen molar-refractivity contribution in [3.05, 3.63) is 35.4 Å². The van der Waals surface area contributed by atoms with Crippen molar-refractivity contribution in [2.24, 2.45) is 0 Å². The number of hydrogen-bond acceptors (Lipinski definition) is 1. The van der Waals surface area contributed by atoms with Crippen molar-refractivity contribution in [2.75, 3.05) is 6.54 Å². The molecule has 3 heteroatoms. The molecule has 0 spiro atoms. The summed E-state index contributed by atoms with van der Waals surface area (Å²) in [6.45, 7) is 2.60. The van der Waals surface area contributed by atoms with Gasteiger partial charge in [0.1, 0.15) is 11.6 Å². The van der Waals surface area contributed by atoms with Gasteiger partial charge in [-0.2, -0.15) is 0 Å². The Kier molecular flexibility index (Phi) is 4.94. The molecule has 1 aromatic rings. The van der Waals surface area contributed by atoms with E-state index in [0.29, 0.717) is 24.9 Å². The molecule has 1 N–H and O–H groups in total.